The van der Waals surface area contributed by atoms with Gasteiger partial charge in [-0.05, 0) is 36.4 Å². The van der Waals surface area contributed by atoms with Crippen LogP contribution in [0.15, 0.2) is 48.8 Å². The quantitative estimate of drug-likeness (QED) is 0.875. The maximum absolute atomic E-state index is 12.1. The molecule has 0 bridgehead atoms. The fraction of sp³-hybridized carbons (Fsp3) is 0.294. The van der Waals surface area contributed by atoms with Crippen LogP contribution in [0.3, 0.4) is 0 Å². The van der Waals surface area contributed by atoms with E-state index in [0.29, 0.717) is 5.56 Å². The number of benzene rings is 1. The van der Waals surface area contributed by atoms with Crippen molar-refractivity contribution in [2.45, 2.75) is 0 Å². The van der Waals surface area contributed by atoms with Gasteiger partial charge >= 0.3 is 0 Å². The third kappa shape index (κ3) is 3.43. The number of aromatic nitrogens is 1. The highest BCUT2D eigenvalue weighted by Crippen LogP contribution is 2.18. The van der Waals surface area contributed by atoms with Crippen LogP contribution in [0, 0.1) is 0 Å². The molecule has 1 aromatic carbocycles. The molecule has 0 unspecified atom stereocenters. The van der Waals surface area contributed by atoms with Gasteiger partial charge in [-0.25, -0.2) is 0 Å². The lowest BCUT2D eigenvalue weighted by Crippen LogP contribution is -3.12. The van der Waals surface area contributed by atoms with E-state index >= 15 is 0 Å². The predicted octanol–water partition coefficient (Wildman–Crippen LogP) is 0.669. The molecule has 1 aromatic heterocycles. The molecule has 114 valence electrons. The fourth-order valence-electron chi connectivity index (χ4n) is 2.60. The van der Waals surface area contributed by atoms with Gasteiger partial charge in [-0.3, -0.25) is 9.78 Å². The van der Waals surface area contributed by atoms with Gasteiger partial charge in [0.2, 0.25) is 0 Å². The molecule has 22 heavy (non-hydrogen) atoms. The second-order valence-corrected chi connectivity index (χ2v) is 5.69. The summed E-state index contributed by atoms with van der Waals surface area (Å²) >= 11 is 0. The van der Waals surface area contributed by atoms with Crippen LogP contribution in [0.25, 0.3) is 0 Å². The lowest BCUT2D eigenvalue weighted by atomic mass is 10.2. The normalized spacial score (nSPS) is 15.6. The average Bonchev–Trinajstić information content (AvgIpc) is 2.57. The number of pyridine rings is 1. The molecule has 2 aromatic rings. The highest BCUT2D eigenvalue weighted by atomic mass is 16.1. The minimum Gasteiger partial charge on any atom is -0.360 e. The molecule has 1 aliphatic heterocycles. The van der Waals surface area contributed by atoms with E-state index in [9.17, 15) is 4.79 Å². The summed E-state index contributed by atoms with van der Waals surface area (Å²) in [6, 6.07) is 11.6. The Hall–Kier alpha value is -2.40. The van der Waals surface area contributed by atoms with Gasteiger partial charge < -0.3 is 15.1 Å². The van der Waals surface area contributed by atoms with E-state index in [1.807, 2.05) is 12.1 Å². The van der Waals surface area contributed by atoms with Gasteiger partial charge in [0.05, 0.1) is 38.8 Å². The van der Waals surface area contributed by atoms with Gasteiger partial charge in [-0.1, -0.05) is 0 Å². The Morgan fingerprint density at radius 3 is 2.55 bits per heavy atom. The van der Waals surface area contributed by atoms with E-state index in [0.717, 1.165) is 18.8 Å². The van der Waals surface area contributed by atoms with Crippen LogP contribution < -0.4 is 15.1 Å². The molecule has 0 spiro atoms. The molecule has 0 saturated carbocycles. The monoisotopic (exact) mass is 297 g/mol. The smallest absolute Gasteiger partial charge is 0.257 e. The highest BCUT2D eigenvalue weighted by molar-refractivity contribution is 6.04. The summed E-state index contributed by atoms with van der Waals surface area (Å²) in [4.78, 5) is 20.0. The number of hydrogen-bond acceptors (Lipinski definition) is 3. The molecule has 1 amide bonds. The van der Waals surface area contributed by atoms with Gasteiger partial charge in [0.1, 0.15) is 0 Å². The molecule has 2 N–H and O–H groups in total. The zero-order valence-corrected chi connectivity index (χ0v) is 12.7. The van der Waals surface area contributed by atoms with Gasteiger partial charge in [0, 0.05) is 23.8 Å². The molecule has 1 aliphatic rings. The van der Waals surface area contributed by atoms with Crippen LogP contribution in [-0.2, 0) is 0 Å². The summed E-state index contributed by atoms with van der Waals surface area (Å²) < 4.78 is 0. The maximum atomic E-state index is 12.1. The third-order valence-corrected chi connectivity index (χ3v) is 4.03. The van der Waals surface area contributed by atoms with Gasteiger partial charge in [0.15, 0.2) is 0 Å². The van der Waals surface area contributed by atoms with Crippen molar-refractivity contribution in [3.63, 3.8) is 0 Å². The number of quaternary nitrogens is 1. The summed E-state index contributed by atoms with van der Waals surface area (Å²) in [5.41, 5.74) is 2.58. The van der Waals surface area contributed by atoms with Gasteiger partial charge in [0.25, 0.3) is 5.91 Å². The zero-order valence-electron chi connectivity index (χ0n) is 12.7. The summed E-state index contributed by atoms with van der Waals surface area (Å²) in [7, 11) is 2.23. The lowest BCUT2D eigenvalue weighted by molar-refractivity contribution is -0.880. The van der Waals surface area contributed by atoms with Crippen molar-refractivity contribution >= 4 is 17.3 Å². The summed E-state index contributed by atoms with van der Waals surface area (Å²) in [6.45, 7) is 4.49. The van der Waals surface area contributed by atoms with Crippen molar-refractivity contribution in [3.05, 3.63) is 54.4 Å². The number of anilines is 2. The Morgan fingerprint density at radius 2 is 1.91 bits per heavy atom. The van der Waals surface area contributed by atoms with Gasteiger partial charge in [-0.2, -0.15) is 0 Å². The molecule has 3 rings (SSSR count). The van der Waals surface area contributed by atoms with E-state index in [-0.39, 0.29) is 5.91 Å². The SMILES string of the molecule is C[NH+]1CCN(c2ccc(NC(=O)c3cccnc3)cc2)CC1. The number of rotatable bonds is 3. The number of carbonyl (C=O) groups is 1. The van der Waals surface area contributed by atoms with Crippen LogP contribution in [0.5, 0.6) is 0 Å². The first-order valence-corrected chi connectivity index (χ1v) is 7.60. The maximum Gasteiger partial charge on any atom is 0.257 e. The Bertz CT molecular complexity index is 619. The van der Waals surface area contributed by atoms with Crippen LogP contribution in [-0.4, -0.2) is 44.1 Å². The Morgan fingerprint density at radius 1 is 1.18 bits per heavy atom. The number of carbonyl (C=O) groups excluding carboxylic acids is 1. The summed E-state index contributed by atoms with van der Waals surface area (Å²) in [6.07, 6.45) is 3.22. The highest BCUT2D eigenvalue weighted by Gasteiger charge is 2.16. The Balaban J connectivity index is 1.63. The molecular formula is C17H21N4O+. The van der Waals surface area contributed by atoms with E-state index in [1.54, 1.807) is 29.4 Å². The van der Waals surface area contributed by atoms with E-state index in [2.05, 4.69) is 34.4 Å². The number of hydrogen-bond donors (Lipinski definition) is 2. The topological polar surface area (TPSA) is 49.7 Å². The lowest BCUT2D eigenvalue weighted by Gasteiger charge is -2.31. The molecular weight excluding hydrogens is 276 g/mol. The first-order chi connectivity index (χ1) is 10.7. The first kappa shape index (κ1) is 14.5. The minimum atomic E-state index is -0.135. The molecule has 5 nitrogen and oxygen atoms in total. The Labute approximate surface area is 130 Å². The second-order valence-electron chi connectivity index (χ2n) is 5.69. The largest absolute Gasteiger partial charge is 0.360 e. The fourth-order valence-corrected chi connectivity index (χ4v) is 2.60. The minimum absolute atomic E-state index is 0.135. The van der Waals surface area contributed by atoms with Crippen LogP contribution in [0.1, 0.15) is 10.4 Å². The van der Waals surface area contributed by atoms with E-state index < -0.39 is 0 Å². The van der Waals surface area contributed by atoms with Crippen LogP contribution >= 0.6 is 0 Å². The second kappa shape index (κ2) is 6.58. The average molecular weight is 297 g/mol. The van der Waals surface area contributed by atoms with E-state index in [1.165, 1.54) is 18.8 Å². The van der Waals surface area contributed by atoms with Crippen molar-refractivity contribution < 1.29 is 9.69 Å². The van der Waals surface area contributed by atoms with E-state index in [4.69, 9.17) is 0 Å². The molecule has 0 atom stereocenters. The van der Waals surface area contributed by atoms with Crippen LogP contribution in [0.2, 0.25) is 0 Å². The predicted molar refractivity (Wildman–Crippen MR) is 87.5 cm³/mol. The molecule has 5 heteroatoms. The number of nitrogens with zero attached hydrogens (tertiary/aromatic N) is 2. The third-order valence-electron chi connectivity index (χ3n) is 4.03. The molecule has 0 aliphatic carbocycles. The van der Waals surface area contributed by atoms with Gasteiger partial charge in [-0.15, -0.1) is 0 Å². The van der Waals surface area contributed by atoms with Crippen molar-refractivity contribution in [3.8, 4) is 0 Å². The molecule has 1 fully saturated rings. The molecule has 2 heterocycles. The van der Waals surface area contributed by atoms with Crippen LogP contribution in [0.4, 0.5) is 11.4 Å². The van der Waals surface area contributed by atoms with Crippen molar-refractivity contribution in [1.29, 1.82) is 0 Å². The summed E-state index contributed by atoms with van der Waals surface area (Å²) in [5.74, 6) is -0.135. The summed E-state index contributed by atoms with van der Waals surface area (Å²) in [5, 5.41) is 2.89. The molecule has 0 radical (unpaired) electrons. The van der Waals surface area contributed by atoms with Crippen molar-refractivity contribution in [1.82, 2.24) is 4.98 Å². The first-order valence-electron chi connectivity index (χ1n) is 7.60. The zero-order chi connectivity index (χ0) is 15.4. The number of piperazine rings is 1. The van der Waals surface area contributed by atoms with Crippen molar-refractivity contribution in [2.75, 3.05) is 43.4 Å². The molecule has 1 saturated heterocycles. The number of nitrogens with one attached hydrogen (secondary N) is 2. The number of likely N-dealkylation sites (N-methyl/N-ethyl adjacent to an activating group) is 1. The van der Waals surface area contributed by atoms with Crippen molar-refractivity contribution in [2.24, 2.45) is 0 Å². The number of amides is 1. The standard InChI is InChI=1S/C17H20N4O/c1-20-9-11-21(12-10-20)16-6-4-15(5-7-16)19-17(22)14-3-2-8-18-13-14/h2-8,13H,9-12H2,1H3,(H,19,22)/p+1. The Kier molecular flexibility index (Phi) is 4.34.